The predicted octanol–water partition coefficient (Wildman–Crippen LogP) is 1.73. The molecular formula is C10H14BrN3OS. The summed E-state index contributed by atoms with van der Waals surface area (Å²) in [6, 6.07) is 0.426. The van der Waals surface area contributed by atoms with Gasteiger partial charge in [-0.3, -0.25) is 4.79 Å². The van der Waals surface area contributed by atoms with Gasteiger partial charge in [-0.2, -0.15) is 4.37 Å². The van der Waals surface area contributed by atoms with Gasteiger partial charge in [0, 0.05) is 30.6 Å². The average Bonchev–Trinajstić information content (AvgIpc) is 2.64. The molecule has 1 saturated heterocycles. The predicted molar refractivity (Wildman–Crippen MR) is 67.8 cm³/mol. The Balaban J connectivity index is 2.23. The van der Waals surface area contributed by atoms with Crippen molar-refractivity contribution in [2.75, 3.05) is 13.1 Å². The van der Waals surface area contributed by atoms with Gasteiger partial charge in [0.25, 0.3) is 5.91 Å². The van der Waals surface area contributed by atoms with Crippen molar-refractivity contribution in [3.05, 3.63) is 15.5 Å². The molecule has 1 aliphatic heterocycles. The number of aromatic nitrogens is 1. The molecule has 0 unspecified atom stereocenters. The first-order valence-electron chi connectivity index (χ1n) is 5.24. The minimum Gasteiger partial charge on any atom is -0.329 e. The van der Waals surface area contributed by atoms with E-state index in [0.717, 1.165) is 17.6 Å². The van der Waals surface area contributed by atoms with Gasteiger partial charge >= 0.3 is 0 Å². The Morgan fingerprint density at radius 1 is 1.56 bits per heavy atom. The molecule has 1 aromatic heterocycles. The number of piperazine rings is 1. The highest BCUT2D eigenvalue weighted by Gasteiger charge is 2.31. The van der Waals surface area contributed by atoms with Crippen LogP contribution < -0.4 is 5.32 Å². The van der Waals surface area contributed by atoms with E-state index in [2.05, 4.69) is 39.5 Å². The zero-order chi connectivity index (χ0) is 11.7. The second kappa shape index (κ2) is 4.81. The summed E-state index contributed by atoms with van der Waals surface area (Å²) in [5.74, 6) is 0.0228. The Morgan fingerprint density at radius 3 is 2.69 bits per heavy atom. The van der Waals surface area contributed by atoms with Crippen LogP contribution in [0, 0.1) is 0 Å². The van der Waals surface area contributed by atoms with Crippen molar-refractivity contribution in [3.8, 4) is 0 Å². The summed E-state index contributed by atoms with van der Waals surface area (Å²) < 4.78 is 4.94. The second-order valence-corrected chi connectivity index (χ2v) is 5.56. The Morgan fingerprint density at radius 2 is 2.19 bits per heavy atom. The Kier molecular flexibility index (Phi) is 3.61. The molecule has 0 aliphatic carbocycles. The number of carbonyl (C=O) groups is 1. The maximum absolute atomic E-state index is 12.3. The summed E-state index contributed by atoms with van der Waals surface area (Å²) in [6.07, 6.45) is 0. The topological polar surface area (TPSA) is 45.2 Å². The highest BCUT2D eigenvalue weighted by molar-refractivity contribution is 9.10. The number of hydrogen-bond acceptors (Lipinski definition) is 4. The Labute approximate surface area is 107 Å². The molecule has 2 rings (SSSR count). The molecule has 88 valence electrons. The van der Waals surface area contributed by atoms with Crippen molar-refractivity contribution >= 4 is 33.4 Å². The van der Waals surface area contributed by atoms with E-state index >= 15 is 0 Å². The lowest BCUT2D eigenvalue weighted by Gasteiger charge is -2.39. The molecule has 0 spiro atoms. The van der Waals surface area contributed by atoms with E-state index in [4.69, 9.17) is 0 Å². The standard InChI is InChI=1S/C10H14BrN3OS/c1-6-3-12-4-7(2)14(6)10(15)9-8(11)5-16-13-9/h5-7,12H,3-4H2,1-2H3/t6-,7+. The molecule has 1 aliphatic rings. The summed E-state index contributed by atoms with van der Waals surface area (Å²) in [5.41, 5.74) is 0.533. The fraction of sp³-hybridized carbons (Fsp3) is 0.600. The van der Waals surface area contributed by atoms with E-state index in [1.54, 1.807) is 0 Å². The van der Waals surface area contributed by atoms with Crippen LogP contribution in [0.25, 0.3) is 0 Å². The van der Waals surface area contributed by atoms with Crippen molar-refractivity contribution in [1.82, 2.24) is 14.6 Å². The molecule has 0 bridgehead atoms. The first-order valence-corrected chi connectivity index (χ1v) is 6.87. The van der Waals surface area contributed by atoms with Crippen LogP contribution in [0.5, 0.6) is 0 Å². The van der Waals surface area contributed by atoms with Crippen LogP contribution in [0.3, 0.4) is 0 Å². The lowest BCUT2D eigenvalue weighted by Crippen LogP contribution is -2.57. The average molecular weight is 304 g/mol. The fourth-order valence-electron chi connectivity index (χ4n) is 2.02. The molecular weight excluding hydrogens is 290 g/mol. The normalized spacial score (nSPS) is 25.8. The quantitative estimate of drug-likeness (QED) is 0.859. The van der Waals surface area contributed by atoms with Crippen molar-refractivity contribution < 1.29 is 4.79 Å². The largest absolute Gasteiger partial charge is 0.329 e. The molecule has 0 saturated carbocycles. The van der Waals surface area contributed by atoms with Gasteiger partial charge in [-0.1, -0.05) is 0 Å². The van der Waals surface area contributed by atoms with Gasteiger partial charge in [0.15, 0.2) is 5.69 Å². The van der Waals surface area contributed by atoms with Gasteiger partial charge in [-0.15, -0.1) is 0 Å². The monoisotopic (exact) mass is 303 g/mol. The maximum atomic E-state index is 12.3. The third-order valence-electron chi connectivity index (χ3n) is 2.79. The van der Waals surface area contributed by atoms with Gasteiger partial charge in [0.2, 0.25) is 0 Å². The van der Waals surface area contributed by atoms with Crippen LogP contribution in [0.1, 0.15) is 24.3 Å². The minimum absolute atomic E-state index is 0.0228. The SMILES string of the molecule is C[C@@H]1CNC[C@H](C)N1C(=O)c1nscc1Br. The number of carbonyl (C=O) groups excluding carboxylic acids is 1. The van der Waals surface area contributed by atoms with Gasteiger partial charge in [0.05, 0.1) is 4.47 Å². The highest BCUT2D eigenvalue weighted by Crippen LogP contribution is 2.22. The van der Waals surface area contributed by atoms with E-state index in [9.17, 15) is 4.79 Å². The van der Waals surface area contributed by atoms with E-state index in [-0.39, 0.29) is 18.0 Å². The Hall–Kier alpha value is -0.460. The smallest absolute Gasteiger partial charge is 0.275 e. The van der Waals surface area contributed by atoms with E-state index in [0.29, 0.717) is 5.69 Å². The molecule has 6 heteroatoms. The van der Waals surface area contributed by atoms with E-state index in [1.807, 2.05) is 10.3 Å². The zero-order valence-corrected chi connectivity index (χ0v) is 11.6. The molecule has 1 N–H and O–H groups in total. The summed E-state index contributed by atoms with van der Waals surface area (Å²) >= 11 is 4.66. The van der Waals surface area contributed by atoms with Crippen molar-refractivity contribution in [1.29, 1.82) is 0 Å². The molecule has 4 nitrogen and oxygen atoms in total. The summed E-state index contributed by atoms with van der Waals surface area (Å²) in [7, 11) is 0. The molecule has 2 heterocycles. The maximum Gasteiger partial charge on any atom is 0.275 e. The zero-order valence-electron chi connectivity index (χ0n) is 9.24. The molecule has 0 aromatic carbocycles. The molecule has 16 heavy (non-hydrogen) atoms. The lowest BCUT2D eigenvalue weighted by molar-refractivity contribution is 0.0538. The summed E-state index contributed by atoms with van der Waals surface area (Å²) in [4.78, 5) is 14.2. The third-order valence-corrected chi connectivity index (χ3v) is 4.33. The van der Waals surface area contributed by atoms with Crippen molar-refractivity contribution in [2.24, 2.45) is 0 Å². The van der Waals surface area contributed by atoms with Crippen molar-refractivity contribution in [2.45, 2.75) is 25.9 Å². The summed E-state index contributed by atoms with van der Waals surface area (Å²) in [6.45, 7) is 5.80. The van der Waals surface area contributed by atoms with Crippen LogP contribution in [-0.2, 0) is 0 Å². The van der Waals surface area contributed by atoms with Crippen LogP contribution in [0.15, 0.2) is 9.85 Å². The molecule has 1 aromatic rings. The van der Waals surface area contributed by atoms with Gasteiger partial charge in [-0.25, -0.2) is 0 Å². The number of amides is 1. The van der Waals surface area contributed by atoms with Gasteiger partial charge in [-0.05, 0) is 41.3 Å². The minimum atomic E-state index is 0.0228. The molecule has 0 radical (unpaired) electrons. The fourth-order valence-corrected chi connectivity index (χ4v) is 3.19. The third kappa shape index (κ3) is 2.14. The number of rotatable bonds is 1. The van der Waals surface area contributed by atoms with E-state index < -0.39 is 0 Å². The number of hydrogen-bond donors (Lipinski definition) is 1. The lowest BCUT2D eigenvalue weighted by atomic mass is 10.1. The number of nitrogens with zero attached hydrogens (tertiary/aromatic N) is 2. The van der Waals surface area contributed by atoms with Crippen molar-refractivity contribution in [3.63, 3.8) is 0 Å². The van der Waals surface area contributed by atoms with Crippen LogP contribution >= 0.6 is 27.5 Å². The van der Waals surface area contributed by atoms with Crippen LogP contribution in [0.2, 0.25) is 0 Å². The van der Waals surface area contributed by atoms with Crippen LogP contribution in [0.4, 0.5) is 0 Å². The van der Waals surface area contributed by atoms with Gasteiger partial charge in [0.1, 0.15) is 0 Å². The van der Waals surface area contributed by atoms with E-state index in [1.165, 1.54) is 11.5 Å². The number of halogens is 1. The first-order chi connectivity index (χ1) is 7.61. The first kappa shape index (κ1) is 12.0. The van der Waals surface area contributed by atoms with Crippen LogP contribution in [-0.4, -0.2) is 40.4 Å². The highest BCUT2D eigenvalue weighted by atomic mass is 79.9. The Bertz CT molecular complexity index is 385. The summed E-state index contributed by atoms with van der Waals surface area (Å²) in [5, 5.41) is 5.14. The molecule has 2 atom stereocenters. The molecule has 1 amide bonds. The number of nitrogens with one attached hydrogen (secondary N) is 1. The second-order valence-electron chi connectivity index (χ2n) is 4.08. The van der Waals surface area contributed by atoms with Gasteiger partial charge < -0.3 is 10.2 Å². The molecule has 1 fully saturated rings.